The summed E-state index contributed by atoms with van der Waals surface area (Å²) in [6.45, 7) is 2.57. The molecule has 3 aliphatic carbocycles. The first-order chi connectivity index (χ1) is 12.2. The highest BCUT2D eigenvalue weighted by Gasteiger charge is 2.53. The number of rotatable bonds is 3. The third-order valence-electron chi connectivity index (χ3n) is 7.95. The fourth-order valence-corrected chi connectivity index (χ4v) is 6.47. The van der Waals surface area contributed by atoms with Gasteiger partial charge in [0.05, 0.1) is 0 Å². The zero-order chi connectivity index (χ0) is 17.0. The predicted octanol–water partition coefficient (Wildman–Crippen LogP) is 3.64. The molecule has 3 atom stereocenters. The maximum absolute atomic E-state index is 11.7. The highest BCUT2D eigenvalue weighted by atomic mass is 16.1. The molecule has 1 amide bonds. The molecule has 1 unspecified atom stereocenters. The topological polar surface area (TPSA) is 46.3 Å². The van der Waals surface area contributed by atoms with Gasteiger partial charge in [0, 0.05) is 23.6 Å². The summed E-state index contributed by atoms with van der Waals surface area (Å²) in [6, 6.07) is 7.05. The number of piperidine rings is 1. The van der Waals surface area contributed by atoms with E-state index in [1.165, 1.54) is 82.0 Å². The summed E-state index contributed by atoms with van der Waals surface area (Å²) in [5, 5.41) is 0. The summed E-state index contributed by atoms with van der Waals surface area (Å²) >= 11 is 0. The highest BCUT2D eigenvalue weighted by Crippen LogP contribution is 2.56. The van der Waals surface area contributed by atoms with E-state index in [-0.39, 0.29) is 5.91 Å². The van der Waals surface area contributed by atoms with Crippen LogP contribution in [0.4, 0.5) is 0 Å². The minimum absolute atomic E-state index is 0.281. The van der Waals surface area contributed by atoms with Crippen LogP contribution in [0.5, 0.6) is 0 Å². The van der Waals surface area contributed by atoms with Crippen molar-refractivity contribution in [3.05, 3.63) is 34.9 Å². The lowest BCUT2D eigenvalue weighted by molar-refractivity contribution is -0.0240. The quantitative estimate of drug-likeness (QED) is 0.914. The van der Waals surface area contributed by atoms with Crippen molar-refractivity contribution in [2.75, 3.05) is 13.1 Å². The summed E-state index contributed by atoms with van der Waals surface area (Å²) < 4.78 is 0. The molecule has 25 heavy (non-hydrogen) atoms. The molecule has 2 saturated carbocycles. The van der Waals surface area contributed by atoms with Gasteiger partial charge in [-0.3, -0.25) is 9.69 Å². The van der Waals surface area contributed by atoms with Crippen LogP contribution in [0.1, 0.15) is 72.9 Å². The number of nitrogens with two attached hydrogens (primary N) is 1. The first-order valence-electron chi connectivity index (χ1n) is 10.3. The van der Waals surface area contributed by atoms with E-state index in [0.29, 0.717) is 11.0 Å². The van der Waals surface area contributed by atoms with Crippen LogP contribution in [0.2, 0.25) is 0 Å². The summed E-state index contributed by atoms with van der Waals surface area (Å²) in [5.74, 6) is 1.46. The SMILES string of the molecule is NC(=O)c1ccc2c(c1)[C@@]13CCCC[C@H]1C(C2)N(CC1CCC1)CC3. The van der Waals surface area contributed by atoms with Crippen LogP contribution in [0.15, 0.2) is 18.2 Å². The molecule has 1 saturated heterocycles. The zero-order valence-electron chi connectivity index (χ0n) is 15.2. The van der Waals surface area contributed by atoms with Gasteiger partial charge in [-0.15, -0.1) is 0 Å². The first-order valence-corrected chi connectivity index (χ1v) is 10.3. The Morgan fingerprint density at radius 1 is 1.16 bits per heavy atom. The Morgan fingerprint density at radius 3 is 2.80 bits per heavy atom. The van der Waals surface area contributed by atoms with Gasteiger partial charge < -0.3 is 5.73 Å². The summed E-state index contributed by atoms with van der Waals surface area (Å²) in [4.78, 5) is 14.6. The lowest BCUT2D eigenvalue weighted by Crippen LogP contribution is -2.61. The van der Waals surface area contributed by atoms with Gasteiger partial charge in [0.15, 0.2) is 0 Å². The van der Waals surface area contributed by atoms with Crippen molar-refractivity contribution in [1.82, 2.24) is 4.90 Å². The number of likely N-dealkylation sites (tertiary alicyclic amines) is 1. The van der Waals surface area contributed by atoms with Crippen LogP contribution in [-0.4, -0.2) is 29.9 Å². The van der Waals surface area contributed by atoms with E-state index < -0.39 is 0 Å². The molecule has 134 valence electrons. The molecule has 3 heteroatoms. The molecule has 1 aromatic rings. The number of primary amides is 1. The Labute approximate surface area is 151 Å². The van der Waals surface area contributed by atoms with Crippen molar-refractivity contribution in [2.24, 2.45) is 17.6 Å². The van der Waals surface area contributed by atoms with Crippen LogP contribution in [-0.2, 0) is 11.8 Å². The average Bonchev–Trinajstić information content (AvgIpc) is 2.59. The third kappa shape index (κ3) is 2.38. The van der Waals surface area contributed by atoms with Crippen molar-refractivity contribution in [3.8, 4) is 0 Å². The number of hydrogen-bond acceptors (Lipinski definition) is 2. The fourth-order valence-electron chi connectivity index (χ4n) is 6.47. The molecule has 5 rings (SSSR count). The van der Waals surface area contributed by atoms with E-state index >= 15 is 0 Å². The number of fused-ring (bicyclic) bond motifs is 1. The van der Waals surface area contributed by atoms with E-state index in [1.807, 2.05) is 6.07 Å². The van der Waals surface area contributed by atoms with Crippen molar-refractivity contribution in [1.29, 1.82) is 0 Å². The molecule has 1 aliphatic heterocycles. The monoisotopic (exact) mass is 338 g/mol. The van der Waals surface area contributed by atoms with Gasteiger partial charge in [-0.2, -0.15) is 0 Å². The molecule has 0 aromatic heterocycles. The molecular formula is C22H30N2O. The van der Waals surface area contributed by atoms with Gasteiger partial charge >= 0.3 is 0 Å². The van der Waals surface area contributed by atoms with E-state index in [1.54, 1.807) is 0 Å². The number of benzene rings is 1. The van der Waals surface area contributed by atoms with Crippen molar-refractivity contribution in [3.63, 3.8) is 0 Å². The second kappa shape index (κ2) is 5.84. The number of nitrogens with zero attached hydrogens (tertiary/aromatic N) is 1. The van der Waals surface area contributed by atoms with Crippen LogP contribution < -0.4 is 5.73 Å². The second-order valence-electron chi connectivity index (χ2n) is 9.06. The maximum Gasteiger partial charge on any atom is 0.248 e. The fraction of sp³-hybridized carbons (Fsp3) is 0.682. The van der Waals surface area contributed by atoms with Gasteiger partial charge in [-0.05, 0) is 80.2 Å². The maximum atomic E-state index is 11.7. The van der Waals surface area contributed by atoms with E-state index in [2.05, 4.69) is 17.0 Å². The first kappa shape index (κ1) is 15.9. The largest absolute Gasteiger partial charge is 0.366 e. The van der Waals surface area contributed by atoms with Crippen molar-refractivity contribution >= 4 is 5.91 Å². The molecule has 3 fully saturated rings. The van der Waals surface area contributed by atoms with Gasteiger partial charge in [-0.25, -0.2) is 0 Å². The number of carbonyl (C=O) groups excluding carboxylic acids is 1. The lowest BCUT2D eigenvalue weighted by Gasteiger charge is -2.59. The molecule has 4 aliphatic rings. The van der Waals surface area contributed by atoms with Gasteiger partial charge in [-0.1, -0.05) is 25.3 Å². The standard InChI is InChI=1S/C22H30N2O/c23-21(25)17-8-7-16-13-20-18-6-1-2-9-22(18,19(16)12-17)10-11-24(20)14-15-4-3-5-15/h7-8,12,15,18,20H,1-6,9-11,13-14H2,(H2,23,25)/t18-,20?,22+/m0/s1. The van der Waals surface area contributed by atoms with E-state index in [0.717, 1.165) is 17.9 Å². The molecule has 3 nitrogen and oxygen atoms in total. The van der Waals surface area contributed by atoms with Crippen molar-refractivity contribution < 1.29 is 4.79 Å². The normalized spacial score (nSPS) is 34.7. The Hall–Kier alpha value is -1.35. The molecule has 0 radical (unpaired) electrons. The predicted molar refractivity (Wildman–Crippen MR) is 99.6 cm³/mol. The molecular weight excluding hydrogens is 308 g/mol. The number of hydrogen-bond donors (Lipinski definition) is 1. The average molecular weight is 338 g/mol. The molecule has 2 N–H and O–H groups in total. The Morgan fingerprint density at radius 2 is 2.04 bits per heavy atom. The minimum Gasteiger partial charge on any atom is -0.366 e. The smallest absolute Gasteiger partial charge is 0.248 e. The van der Waals surface area contributed by atoms with Gasteiger partial charge in [0.2, 0.25) is 5.91 Å². The zero-order valence-corrected chi connectivity index (χ0v) is 15.2. The Kier molecular flexibility index (Phi) is 3.70. The second-order valence-corrected chi connectivity index (χ2v) is 9.06. The van der Waals surface area contributed by atoms with Gasteiger partial charge in [0.25, 0.3) is 0 Å². The van der Waals surface area contributed by atoms with Crippen molar-refractivity contribution in [2.45, 2.75) is 69.2 Å². The Balaban J connectivity index is 1.54. The molecule has 0 spiro atoms. The molecule has 1 aromatic carbocycles. The third-order valence-corrected chi connectivity index (χ3v) is 7.95. The van der Waals surface area contributed by atoms with Crippen LogP contribution in [0.3, 0.4) is 0 Å². The van der Waals surface area contributed by atoms with E-state index in [4.69, 9.17) is 5.73 Å². The number of amides is 1. The summed E-state index contributed by atoms with van der Waals surface area (Å²) in [5.41, 5.74) is 9.58. The van der Waals surface area contributed by atoms with Gasteiger partial charge in [0.1, 0.15) is 0 Å². The van der Waals surface area contributed by atoms with Crippen LogP contribution in [0.25, 0.3) is 0 Å². The van der Waals surface area contributed by atoms with Crippen LogP contribution >= 0.6 is 0 Å². The number of carbonyl (C=O) groups is 1. The van der Waals surface area contributed by atoms with E-state index in [9.17, 15) is 4.79 Å². The van der Waals surface area contributed by atoms with Crippen LogP contribution in [0, 0.1) is 11.8 Å². The lowest BCUT2D eigenvalue weighted by atomic mass is 9.52. The summed E-state index contributed by atoms with van der Waals surface area (Å²) in [6.07, 6.45) is 12.2. The summed E-state index contributed by atoms with van der Waals surface area (Å²) in [7, 11) is 0. The highest BCUT2D eigenvalue weighted by molar-refractivity contribution is 5.93. The molecule has 1 heterocycles. The minimum atomic E-state index is -0.281. The molecule has 2 bridgehead atoms. The Bertz CT molecular complexity index is 695.